The Morgan fingerprint density at radius 1 is 1.24 bits per heavy atom. The maximum atomic E-state index is 13.6. The van der Waals surface area contributed by atoms with Gasteiger partial charge in [0.05, 0.1) is 11.3 Å². The molecule has 1 rings (SSSR count). The molecule has 1 aromatic carbocycles. The fraction of sp³-hybridized carbons (Fsp3) is 0.467. The summed E-state index contributed by atoms with van der Waals surface area (Å²) in [6, 6.07) is 3.49. The van der Waals surface area contributed by atoms with E-state index in [9.17, 15) is 14.0 Å². The molecule has 0 saturated carbocycles. The van der Waals surface area contributed by atoms with Crippen molar-refractivity contribution < 1.29 is 14.0 Å². The van der Waals surface area contributed by atoms with Crippen LogP contribution in [0.25, 0.3) is 0 Å². The molecular formula is C15H22FN3O2. The van der Waals surface area contributed by atoms with Crippen molar-refractivity contribution in [1.82, 2.24) is 10.6 Å². The van der Waals surface area contributed by atoms with Gasteiger partial charge in [0.25, 0.3) is 5.91 Å². The molecule has 0 heterocycles. The number of para-hydroxylation sites is 1. The SMILES string of the molecule is CNc1c(F)cccc1C(=O)NC(C)C(=O)NC(C)(C)C. The van der Waals surface area contributed by atoms with Gasteiger partial charge >= 0.3 is 0 Å². The standard InChI is InChI=1S/C15H22FN3O2/c1-9(13(20)19-15(2,3)4)18-14(21)10-7-6-8-11(16)12(10)17-5/h6-9,17H,1-5H3,(H,18,21)(H,19,20). The average molecular weight is 295 g/mol. The molecule has 0 fully saturated rings. The number of carbonyl (C=O) groups excluding carboxylic acids is 2. The fourth-order valence-electron chi connectivity index (χ4n) is 1.79. The van der Waals surface area contributed by atoms with Gasteiger partial charge in [-0.3, -0.25) is 9.59 Å². The van der Waals surface area contributed by atoms with Gasteiger partial charge in [0.1, 0.15) is 11.9 Å². The Bertz CT molecular complexity index is 538. The minimum Gasteiger partial charge on any atom is -0.385 e. The summed E-state index contributed by atoms with van der Waals surface area (Å²) in [5.41, 5.74) is -0.114. The first-order valence-corrected chi connectivity index (χ1v) is 6.75. The third kappa shape index (κ3) is 4.73. The van der Waals surface area contributed by atoms with E-state index in [1.807, 2.05) is 20.8 Å². The largest absolute Gasteiger partial charge is 0.385 e. The van der Waals surface area contributed by atoms with Crippen LogP contribution in [0.1, 0.15) is 38.1 Å². The highest BCUT2D eigenvalue weighted by molar-refractivity contribution is 6.01. The lowest BCUT2D eigenvalue weighted by Crippen LogP contribution is -2.50. The van der Waals surface area contributed by atoms with Crippen molar-refractivity contribution in [2.75, 3.05) is 12.4 Å². The van der Waals surface area contributed by atoms with Crippen LogP contribution >= 0.6 is 0 Å². The molecular weight excluding hydrogens is 273 g/mol. The summed E-state index contributed by atoms with van der Waals surface area (Å²) in [6.45, 7) is 7.14. The van der Waals surface area contributed by atoms with E-state index in [-0.39, 0.29) is 22.7 Å². The lowest BCUT2D eigenvalue weighted by molar-refractivity contribution is -0.124. The minimum atomic E-state index is -0.718. The number of anilines is 1. The van der Waals surface area contributed by atoms with Crippen LogP contribution in [-0.4, -0.2) is 30.4 Å². The van der Waals surface area contributed by atoms with Crippen LogP contribution in [0.3, 0.4) is 0 Å². The predicted octanol–water partition coefficient (Wildman–Crippen LogP) is 1.90. The molecule has 0 radical (unpaired) electrons. The topological polar surface area (TPSA) is 70.2 Å². The van der Waals surface area contributed by atoms with E-state index < -0.39 is 17.8 Å². The number of amides is 2. The van der Waals surface area contributed by atoms with E-state index in [1.54, 1.807) is 6.92 Å². The van der Waals surface area contributed by atoms with E-state index in [0.29, 0.717) is 0 Å². The second-order valence-electron chi connectivity index (χ2n) is 5.85. The molecule has 6 heteroatoms. The fourth-order valence-corrected chi connectivity index (χ4v) is 1.79. The molecule has 2 amide bonds. The summed E-state index contributed by atoms with van der Waals surface area (Å²) in [7, 11) is 1.53. The van der Waals surface area contributed by atoms with Crippen molar-refractivity contribution in [3.05, 3.63) is 29.6 Å². The van der Waals surface area contributed by atoms with Gasteiger partial charge in [-0.05, 0) is 39.8 Å². The average Bonchev–Trinajstić information content (AvgIpc) is 2.36. The Morgan fingerprint density at radius 2 is 1.86 bits per heavy atom. The molecule has 0 saturated heterocycles. The van der Waals surface area contributed by atoms with Gasteiger partial charge in [0.2, 0.25) is 5.91 Å². The van der Waals surface area contributed by atoms with Gasteiger partial charge in [-0.2, -0.15) is 0 Å². The lowest BCUT2D eigenvalue weighted by atomic mass is 10.1. The Labute approximate surface area is 124 Å². The van der Waals surface area contributed by atoms with Crippen molar-refractivity contribution in [2.24, 2.45) is 0 Å². The second kappa shape index (κ2) is 6.56. The highest BCUT2D eigenvalue weighted by atomic mass is 19.1. The van der Waals surface area contributed by atoms with E-state index in [0.717, 1.165) is 0 Å². The van der Waals surface area contributed by atoms with Gasteiger partial charge in [-0.15, -0.1) is 0 Å². The summed E-state index contributed by atoms with van der Waals surface area (Å²) < 4.78 is 13.6. The van der Waals surface area contributed by atoms with Crippen LogP contribution in [-0.2, 0) is 4.79 Å². The summed E-state index contributed by atoms with van der Waals surface area (Å²) in [5.74, 6) is -1.31. The number of halogens is 1. The zero-order chi connectivity index (χ0) is 16.2. The van der Waals surface area contributed by atoms with Crippen LogP contribution in [0.15, 0.2) is 18.2 Å². The number of hydrogen-bond acceptors (Lipinski definition) is 3. The van der Waals surface area contributed by atoms with Gasteiger partial charge < -0.3 is 16.0 Å². The minimum absolute atomic E-state index is 0.110. The Kier molecular flexibility index (Phi) is 5.29. The Morgan fingerprint density at radius 3 is 2.38 bits per heavy atom. The van der Waals surface area contributed by atoms with Gasteiger partial charge in [0.15, 0.2) is 0 Å². The molecule has 3 N–H and O–H groups in total. The normalized spacial score (nSPS) is 12.5. The third-order valence-corrected chi connectivity index (χ3v) is 2.75. The first-order valence-electron chi connectivity index (χ1n) is 6.75. The molecule has 0 spiro atoms. The van der Waals surface area contributed by atoms with Crippen molar-refractivity contribution >= 4 is 17.5 Å². The molecule has 0 aliphatic rings. The summed E-state index contributed by atoms with van der Waals surface area (Å²) in [4.78, 5) is 24.1. The first kappa shape index (κ1) is 16.9. The number of nitrogens with one attached hydrogen (secondary N) is 3. The van der Waals surface area contributed by atoms with Crippen molar-refractivity contribution in [2.45, 2.75) is 39.3 Å². The molecule has 0 aliphatic carbocycles. The monoisotopic (exact) mass is 295 g/mol. The van der Waals surface area contributed by atoms with E-state index in [1.165, 1.54) is 25.2 Å². The molecule has 116 valence electrons. The summed E-state index contributed by atoms with van der Waals surface area (Å²) in [6.07, 6.45) is 0. The number of benzene rings is 1. The number of hydrogen-bond donors (Lipinski definition) is 3. The molecule has 1 atom stereocenters. The predicted molar refractivity (Wildman–Crippen MR) is 80.8 cm³/mol. The smallest absolute Gasteiger partial charge is 0.254 e. The molecule has 5 nitrogen and oxygen atoms in total. The van der Waals surface area contributed by atoms with E-state index in [2.05, 4.69) is 16.0 Å². The van der Waals surface area contributed by atoms with Crippen molar-refractivity contribution in [1.29, 1.82) is 0 Å². The van der Waals surface area contributed by atoms with Crippen LogP contribution < -0.4 is 16.0 Å². The molecule has 21 heavy (non-hydrogen) atoms. The van der Waals surface area contributed by atoms with Gasteiger partial charge in [0, 0.05) is 12.6 Å². The quantitative estimate of drug-likeness (QED) is 0.794. The van der Waals surface area contributed by atoms with Gasteiger partial charge in [-0.1, -0.05) is 6.07 Å². The summed E-state index contributed by atoms with van der Waals surface area (Å²) >= 11 is 0. The van der Waals surface area contributed by atoms with Crippen LogP contribution in [0.5, 0.6) is 0 Å². The molecule has 0 bridgehead atoms. The molecule has 0 aromatic heterocycles. The highest BCUT2D eigenvalue weighted by Crippen LogP contribution is 2.19. The van der Waals surface area contributed by atoms with Crippen molar-refractivity contribution in [3.63, 3.8) is 0 Å². The molecule has 0 aliphatic heterocycles. The van der Waals surface area contributed by atoms with Crippen molar-refractivity contribution in [3.8, 4) is 0 Å². The Hall–Kier alpha value is -2.11. The maximum Gasteiger partial charge on any atom is 0.254 e. The van der Waals surface area contributed by atoms with Crippen LogP contribution in [0, 0.1) is 5.82 Å². The van der Waals surface area contributed by atoms with Crippen LogP contribution in [0.2, 0.25) is 0 Å². The highest BCUT2D eigenvalue weighted by Gasteiger charge is 2.22. The Balaban J connectivity index is 2.82. The number of rotatable bonds is 4. The third-order valence-electron chi connectivity index (χ3n) is 2.75. The van der Waals surface area contributed by atoms with Crippen LogP contribution in [0.4, 0.5) is 10.1 Å². The van der Waals surface area contributed by atoms with E-state index in [4.69, 9.17) is 0 Å². The second-order valence-corrected chi connectivity index (χ2v) is 5.85. The first-order chi connectivity index (χ1) is 9.65. The van der Waals surface area contributed by atoms with Gasteiger partial charge in [-0.25, -0.2) is 4.39 Å². The molecule has 1 aromatic rings. The zero-order valence-corrected chi connectivity index (χ0v) is 13.0. The summed E-state index contributed by atoms with van der Waals surface area (Å²) in [5, 5.41) is 7.98. The lowest BCUT2D eigenvalue weighted by Gasteiger charge is -2.24. The van der Waals surface area contributed by atoms with E-state index >= 15 is 0 Å². The molecule has 1 unspecified atom stereocenters. The number of carbonyl (C=O) groups is 2. The maximum absolute atomic E-state index is 13.6. The zero-order valence-electron chi connectivity index (χ0n) is 13.0.